The first-order valence-electron chi connectivity index (χ1n) is 7.65. The fraction of sp³-hybridized carbons (Fsp3) is 0.625. The second-order valence-corrected chi connectivity index (χ2v) is 6.52. The van der Waals surface area contributed by atoms with E-state index in [9.17, 15) is 8.78 Å². The number of piperidine rings is 1. The maximum atomic E-state index is 14.4. The van der Waals surface area contributed by atoms with Gasteiger partial charge in [0.2, 0.25) is 0 Å². The molecule has 0 aromatic heterocycles. The van der Waals surface area contributed by atoms with Gasteiger partial charge in [0.15, 0.2) is 0 Å². The summed E-state index contributed by atoms with van der Waals surface area (Å²) in [5, 5.41) is 0. The molecule has 3 unspecified atom stereocenters. The van der Waals surface area contributed by atoms with Gasteiger partial charge in [-0.25, -0.2) is 8.78 Å². The molecule has 21 heavy (non-hydrogen) atoms. The fourth-order valence-corrected chi connectivity index (χ4v) is 4.14. The van der Waals surface area contributed by atoms with E-state index in [2.05, 4.69) is 17.4 Å². The summed E-state index contributed by atoms with van der Waals surface area (Å²) >= 11 is 0. The predicted molar refractivity (Wildman–Crippen MR) is 78.5 cm³/mol. The number of halogens is 2. The largest absolute Gasteiger partial charge is 0.300 e. The topological polar surface area (TPSA) is 41.3 Å². The lowest BCUT2D eigenvalue weighted by atomic mass is 9.81. The summed E-state index contributed by atoms with van der Waals surface area (Å²) in [6.07, 6.45) is 4.23. The molecule has 0 spiro atoms. The minimum Gasteiger partial charge on any atom is -0.300 e. The molecule has 3 N–H and O–H groups in total. The molecule has 2 heterocycles. The summed E-state index contributed by atoms with van der Waals surface area (Å²) < 4.78 is 28.6. The number of hydrazine groups is 1. The standard InChI is InChI=1S/C16H23F2N3/c1-9-3-6-13(17)14(15(9)18)16(20-19)10-7-11-4-5-12(8-10)21(11)2/h3,6,10-12,16,20H,4-5,7-8,19H2,1-2H3. The highest BCUT2D eigenvalue weighted by atomic mass is 19.1. The van der Waals surface area contributed by atoms with Crippen LogP contribution in [0.2, 0.25) is 0 Å². The van der Waals surface area contributed by atoms with Crippen LogP contribution in [-0.4, -0.2) is 24.0 Å². The second kappa shape index (κ2) is 5.63. The van der Waals surface area contributed by atoms with Crippen LogP contribution in [0.4, 0.5) is 8.78 Å². The Hall–Kier alpha value is -1.04. The van der Waals surface area contributed by atoms with Crippen molar-refractivity contribution in [3.63, 3.8) is 0 Å². The van der Waals surface area contributed by atoms with Crippen molar-refractivity contribution >= 4 is 0 Å². The number of nitrogens with two attached hydrogens (primary N) is 1. The highest BCUT2D eigenvalue weighted by Gasteiger charge is 2.42. The molecule has 3 nitrogen and oxygen atoms in total. The molecule has 2 aliphatic heterocycles. The average molecular weight is 295 g/mol. The van der Waals surface area contributed by atoms with Crippen LogP contribution in [0.25, 0.3) is 0 Å². The van der Waals surface area contributed by atoms with Gasteiger partial charge in [-0.3, -0.25) is 11.3 Å². The van der Waals surface area contributed by atoms with Gasteiger partial charge in [-0.2, -0.15) is 0 Å². The van der Waals surface area contributed by atoms with Crippen LogP contribution in [0, 0.1) is 24.5 Å². The lowest BCUT2D eigenvalue weighted by molar-refractivity contribution is 0.110. The Kier molecular flexibility index (Phi) is 3.99. The van der Waals surface area contributed by atoms with Crippen LogP contribution in [0.3, 0.4) is 0 Å². The molecule has 2 saturated heterocycles. The van der Waals surface area contributed by atoms with E-state index in [1.54, 1.807) is 6.92 Å². The van der Waals surface area contributed by atoms with E-state index in [1.165, 1.54) is 25.0 Å². The number of aryl methyl sites for hydroxylation is 1. The molecule has 3 atom stereocenters. The molecule has 0 amide bonds. The zero-order valence-corrected chi connectivity index (χ0v) is 12.6. The summed E-state index contributed by atoms with van der Waals surface area (Å²) in [4.78, 5) is 2.41. The van der Waals surface area contributed by atoms with Crippen LogP contribution in [0.15, 0.2) is 12.1 Å². The summed E-state index contributed by atoms with van der Waals surface area (Å²) in [7, 11) is 2.15. The molecule has 1 aromatic carbocycles. The Labute approximate surface area is 124 Å². The molecule has 5 heteroatoms. The maximum absolute atomic E-state index is 14.4. The van der Waals surface area contributed by atoms with Gasteiger partial charge in [0.1, 0.15) is 11.6 Å². The number of fused-ring (bicyclic) bond motifs is 2. The molecule has 0 saturated carbocycles. The molecule has 3 rings (SSSR count). The van der Waals surface area contributed by atoms with E-state index < -0.39 is 17.7 Å². The molecule has 0 radical (unpaired) electrons. The molecule has 2 bridgehead atoms. The quantitative estimate of drug-likeness (QED) is 0.665. The van der Waals surface area contributed by atoms with Crippen molar-refractivity contribution in [2.24, 2.45) is 11.8 Å². The lowest BCUT2D eigenvalue weighted by Crippen LogP contribution is -2.45. The van der Waals surface area contributed by atoms with E-state index in [1.807, 2.05) is 0 Å². The Morgan fingerprint density at radius 1 is 1.24 bits per heavy atom. The van der Waals surface area contributed by atoms with Gasteiger partial charge in [-0.05, 0) is 57.2 Å². The summed E-state index contributed by atoms with van der Waals surface area (Å²) in [6, 6.07) is 3.38. The SMILES string of the molecule is Cc1ccc(F)c(C(NN)C2CC3CCC(C2)N3C)c1F. The zero-order valence-electron chi connectivity index (χ0n) is 12.6. The minimum atomic E-state index is -0.507. The van der Waals surface area contributed by atoms with Crippen LogP contribution < -0.4 is 11.3 Å². The van der Waals surface area contributed by atoms with Crippen LogP contribution in [-0.2, 0) is 0 Å². The maximum Gasteiger partial charge on any atom is 0.133 e. The third-order valence-electron chi connectivity index (χ3n) is 5.42. The summed E-state index contributed by atoms with van der Waals surface area (Å²) in [6.45, 7) is 1.66. The molecule has 0 aliphatic carbocycles. The first kappa shape index (κ1) is 14.9. The van der Waals surface area contributed by atoms with Crippen molar-refractivity contribution in [2.45, 2.75) is 50.7 Å². The van der Waals surface area contributed by atoms with Crippen molar-refractivity contribution in [1.29, 1.82) is 0 Å². The van der Waals surface area contributed by atoms with E-state index in [0.29, 0.717) is 17.6 Å². The van der Waals surface area contributed by atoms with E-state index in [4.69, 9.17) is 5.84 Å². The van der Waals surface area contributed by atoms with Gasteiger partial charge in [-0.15, -0.1) is 0 Å². The number of rotatable bonds is 3. The summed E-state index contributed by atoms with van der Waals surface area (Å²) in [5.74, 6) is 4.87. The van der Waals surface area contributed by atoms with Gasteiger partial charge in [-0.1, -0.05) is 6.07 Å². The molecule has 2 aliphatic rings. The first-order valence-corrected chi connectivity index (χ1v) is 7.65. The molecule has 2 fully saturated rings. The minimum absolute atomic E-state index is 0.103. The third-order valence-corrected chi connectivity index (χ3v) is 5.42. The van der Waals surface area contributed by atoms with Crippen molar-refractivity contribution < 1.29 is 8.78 Å². The molecule has 116 valence electrons. The Bertz CT molecular complexity index is 520. The molecular formula is C16H23F2N3. The Balaban J connectivity index is 1.91. The number of benzene rings is 1. The smallest absolute Gasteiger partial charge is 0.133 e. The number of hydrogen-bond donors (Lipinski definition) is 2. The highest BCUT2D eigenvalue weighted by molar-refractivity contribution is 5.30. The number of nitrogens with one attached hydrogen (secondary N) is 1. The number of hydrogen-bond acceptors (Lipinski definition) is 3. The third kappa shape index (κ3) is 2.47. The van der Waals surface area contributed by atoms with Crippen LogP contribution >= 0.6 is 0 Å². The van der Waals surface area contributed by atoms with Crippen molar-refractivity contribution in [3.05, 3.63) is 34.9 Å². The summed E-state index contributed by atoms with van der Waals surface area (Å²) in [5.41, 5.74) is 3.25. The van der Waals surface area contributed by atoms with Crippen LogP contribution in [0.5, 0.6) is 0 Å². The lowest BCUT2D eigenvalue weighted by Gasteiger charge is -2.40. The first-order chi connectivity index (χ1) is 10.0. The van der Waals surface area contributed by atoms with Crippen LogP contribution in [0.1, 0.15) is 42.9 Å². The van der Waals surface area contributed by atoms with Crippen molar-refractivity contribution in [1.82, 2.24) is 10.3 Å². The average Bonchev–Trinajstić information content (AvgIpc) is 2.69. The van der Waals surface area contributed by atoms with Gasteiger partial charge in [0.05, 0.1) is 6.04 Å². The van der Waals surface area contributed by atoms with E-state index >= 15 is 0 Å². The highest BCUT2D eigenvalue weighted by Crippen LogP contribution is 2.43. The second-order valence-electron chi connectivity index (χ2n) is 6.52. The molecule has 1 aromatic rings. The van der Waals surface area contributed by atoms with E-state index in [-0.39, 0.29) is 11.5 Å². The normalized spacial score (nSPS) is 30.6. The molecular weight excluding hydrogens is 272 g/mol. The van der Waals surface area contributed by atoms with Crippen molar-refractivity contribution in [2.75, 3.05) is 7.05 Å². The van der Waals surface area contributed by atoms with Gasteiger partial charge >= 0.3 is 0 Å². The fourth-order valence-electron chi connectivity index (χ4n) is 4.14. The van der Waals surface area contributed by atoms with Gasteiger partial charge in [0, 0.05) is 17.6 Å². The Morgan fingerprint density at radius 3 is 2.43 bits per heavy atom. The van der Waals surface area contributed by atoms with Gasteiger partial charge < -0.3 is 4.90 Å². The number of nitrogens with zero attached hydrogens (tertiary/aromatic N) is 1. The van der Waals surface area contributed by atoms with Crippen molar-refractivity contribution in [3.8, 4) is 0 Å². The predicted octanol–water partition coefficient (Wildman–Crippen LogP) is 2.65. The van der Waals surface area contributed by atoms with Gasteiger partial charge in [0.25, 0.3) is 0 Å². The monoisotopic (exact) mass is 295 g/mol. The Morgan fingerprint density at radius 2 is 1.86 bits per heavy atom. The zero-order chi connectivity index (χ0) is 15.1. The van der Waals surface area contributed by atoms with E-state index in [0.717, 1.165) is 12.8 Å².